The molecule has 9 nitrogen and oxygen atoms in total. The van der Waals surface area contributed by atoms with Crippen molar-refractivity contribution >= 4 is 22.7 Å². The molecule has 0 bridgehead atoms. The molecule has 4 rings (SSSR count). The number of hydrogen-bond donors (Lipinski definition) is 0. The van der Waals surface area contributed by atoms with Crippen LogP contribution in [0.3, 0.4) is 0 Å². The van der Waals surface area contributed by atoms with E-state index in [1.54, 1.807) is 36.3 Å². The molecule has 0 aliphatic rings. The van der Waals surface area contributed by atoms with Crippen LogP contribution in [0.15, 0.2) is 36.8 Å². The summed E-state index contributed by atoms with van der Waals surface area (Å²) < 4.78 is 48.5. The topological polar surface area (TPSA) is 87.4 Å². The van der Waals surface area contributed by atoms with Gasteiger partial charge in [0.05, 0.1) is 38.4 Å². The lowest BCUT2D eigenvalue weighted by Gasteiger charge is -2.26. The Morgan fingerprint density at radius 2 is 1.75 bits per heavy atom. The van der Waals surface area contributed by atoms with E-state index < -0.39 is 11.6 Å². The van der Waals surface area contributed by atoms with Gasteiger partial charge in [0.15, 0.2) is 28.8 Å². The molecule has 0 saturated heterocycles. The summed E-state index contributed by atoms with van der Waals surface area (Å²) in [5.41, 5.74) is 1.89. The Hall–Kier alpha value is -3.86. The highest BCUT2D eigenvalue weighted by molar-refractivity contribution is 5.77. The molecule has 0 fully saturated rings. The minimum atomic E-state index is -0.863. The fourth-order valence-corrected chi connectivity index (χ4v) is 3.72. The summed E-state index contributed by atoms with van der Waals surface area (Å²) >= 11 is 0. The minimum absolute atomic E-state index is 0.0313. The number of halogens is 2. The van der Waals surface area contributed by atoms with E-state index in [2.05, 4.69) is 20.1 Å². The van der Waals surface area contributed by atoms with Crippen LogP contribution in [0.1, 0.15) is 20.3 Å². The summed E-state index contributed by atoms with van der Waals surface area (Å²) in [6.07, 6.45) is 5.64. The number of hydrogen-bond acceptors (Lipinski definition) is 8. The van der Waals surface area contributed by atoms with Crippen LogP contribution in [0.2, 0.25) is 0 Å². The highest BCUT2D eigenvalue weighted by atomic mass is 19.1. The van der Waals surface area contributed by atoms with E-state index >= 15 is 8.78 Å². The lowest BCUT2D eigenvalue weighted by atomic mass is 10.2. The van der Waals surface area contributed by atoms with E-state index in [1.165, 1.54) is 25.2 Å². The summed E-state index contributed by atoms with van der Waals surface area (Å²) in [5, 5.41) is 4.17. The molecular formula is C25H28F2N6O3. The summed E-state index contributed by atoms with van der Waals surface area (Å²) in [4.78, 5) is 15.1. The molecule has 36 heavy (non-hydrogen) atoms. The number of nitrogens with zero attached hydrogens (tertiary/aromatic N) is 6. The molecule has 3 heterocycles. The van der Waals surface area contributed by atoms with Gasteiger partial charge >= 0.3 is 0 Å². The van der Waals surface area contributed by atoms with Gasteiger partial charge in [-0.3, -0.25) is 9.67 Å². The Balaban J connectivity index is 1.81. The van der Waals surface area contributed by atoms with Crippen molar-refractivity contribution in [2.75, 3.05) is 32.3 Å². The van der Waals surface area contributed by atoms with Crippen LogP contribution in [0.4, 0.5) is 20.3 Å². The number of ether oxygens (including phenoxy) is 3. The third-order valence-electron chi connectivity index (χ3n) is 5.47. The van der Waals surface area contributed by atoms with Crippen LogP contribution >= 0.6 is 0 Å². The number of fused-ring (bicyclic) bond motifs is 1. The lowest BCUT2D eigenvalue weighted by molar-refractivity contribution is 0.0781. The van der Waals surface area contributed by atoms with Gasteiger partial charge in [0, 0.05) is 38.0 Å². The van der Waals surface area contributed by atoms with Gasteiger partial charge in [-0.2, -0.15) is 5.10 Å². The molecule has 11 heteroatoms. The van der Waals surface area contributed by atoms with Crippen molar-refractivity contribution in [1.82, 2.24) is 24.7 Å². The summed E-state index contributed by atoms with van der Waals surface area (Å²) in [7, 11) is 4.43. The fraction of sp³-hybridized carbons (Fsp3) is 0.360. The lowest BCUT2D eigenvalue weighted by Crippen LogP contribution is -2.24. The van der Waals surface area contributed by atoms with Gasteiger partial charge < -0.3 is 19.1 Å². The maximum absolute atomic E-state index is 15.5. The van der Waals surface area contributed by atoms with Gasteiger partial charge in [-0.1, -0.05) is 0 Å². The highest BCUT2D eigenvalue weighted by Crippen LogP contribution is 2.40. The molecule has 0 saturated carbocycles. The molecule has 3 aromatic heterocycles. The van der Waals surface area contributed by atoms with Gasteiger partial charge in [-0.05, 0) is 32.4 Å². The molecule has 0 atom stereocenters. The Labute approximate surface area is 207 Å². The third-order valence-corrected chi connectivity index (χ3v) is 5.47. The maximum atomic E-state index is 15.5. The number of anilines is 2. The van der Waals surface area contributed by atoms with Crippen molar-refractivity contribution in [2.45, 2.75) is 26.4 Å². The van der Waals surface area contributed by atoms with Crippen LogP contribution in [-0.2, 0) is 11.8 Å². The van der Waals surface area contributed by atoms with Crippen molar-refractivity contribution in [2.24, 2.45) is 7.05 Å². The standard InChI is InChI=1S/C25H28F2N6O3/c1-15(2)36-10-6-9-33(24-22(26)19(34-4)11-20(35-5)23(24)27)21-8-7-17-25(31-21)30-18(13-28-17)16-12-29-32(3)14-16/h7-8,11-15H,6,9-10H2,1-5H3. The summed E-state index contributed by atoms with van der Waals surface area (Å²) in [5.74, 6) is -1.73. The predicted molar refractivity (Wildman–Crippen MR) is 132 cm³/mol. The monoisotopic (exact) mass is 498 g/mol. The largest absolute Gasteiger partial charge is 0.493 e. The predicted octanol–water partition coefficient (Wildman–Crippen LogP) is 4.67. The first-order valence-corrected chi connectivity index (χ1v) is 11.4. The molecule has 0 aliphatic carbocycles. The number of benzene rings is 1. The van der Waals surface area contributed by atoms with Crippen molar-refractivity contribution in [3.63, 3.8) is 0 Å². The second kappa shape index (κ2) is 10.8. The molecule has 0 unspecified atom stereocenters. The van der Waals surface area contributed by atoms with Crippen molar-refractivity contribution < 1.29 is 23.0 Å². The number of rotatable bonds is 10. The van der Waals surface area contributed by atoms with Gasteiger partial charge in [0.25, 0.3) is 0 Å². The van der Waals surface area contributed by atoms with E-state index in [1.807, 2.05) is 20.0 Å². The third kappa shape index (κ3) is 5.20. The normalized spacial score (nSPS) is 11.3. The van der Waals surface area contributed by atoms with E-state index in [0.29, 0.717) is 29.9 Å². The Bertz CT molecular complexity index is 1330. The molecule has 0 aliphatic heterocycles. The smallest absolute Gasteiger partial charge is 0.191 e. The van der Waals surface area contributed by atoms with Gasteiger partial charge in [0.1, 0.15) is 17.0 Å². The van der Waals surface area contributed by atoms with Crippen molar-refractivity contribution in [3.05, 3.63) is 48.4 Å². The minimum Gasteiger partial charge on any atom is -0.493 e. The second-order valence-corrected chi connectivity index (χ2v) is 8.35. The molecule has 190 valence electrons. The van der Waals surface area contributed by atoms with E-state index in [-0.39, 0.29) is 35.7 Å². The van der Waals surface area contributed by atoms with Crippen LogP contribution in [0.5, 0.6) is 11.5 Å². The SMILES string of the molecule is COc1cc(OC)c(F)c(N(CCCOC(C)C)c2ccc3ncc(-c4cnn(C)c4)nc3n2)c1F. The van der Waals surface area contributed by atoms with Crippen LogP contribution in [0, 0.1) is 11.6 Å². The summed E-state index contributed by atoms with van der Waals surface area (Å²) in [6, 6.07) is 4.53. The van der Waals surface area contributed by atoms with Crippen molar-refractivity contribution in [1.29, 1.82) is 0 Å². The zero-order chi connectivity index (χ0) is 25.8. The van der Waals surface area contributed by atoms with Gasteiger partial charge in [0.2, 0.25) is 0 Å². The quantitative estimate of drug-likeness (QED) is 0.292. The van der Waals surface area contributed by atoms with E-state index in [4.69, 9.17) is 14.2 Å². The average molecular weight is 499 g/mol. The van der Waals surface area contributed by atoms with Crippen LogP contribution in [0.25, 0.3) is 22.4 Å². The van der Waals surface area contributed by atoms with Crippen LogP contribution < -0.4 is 14.4 Å². The van der Waals surface area contributed by atoms with Gasteiger partial charge in [-0.15, -0.1) is 0 Å². The Morgan fingerprint density at radius 3 is 2.36 bits per heavy atom. The number of aromatic nitrogens is 5. The molecule has 0 amide bonds. The number of pyridine rings is 1. The van der Waals surface area contributed by atoms with Gasteiger partial charge in [-0.25, -0.2) is 18.7 Å². The van der Waals surface area contributed by atoms with Crippen LogP contribution in [-0.4, -0.2) is 58.2 Å². The number of aryl methyl sites for hydroxylation is 1. The Morgan fingerprint density at radius 1 is 1.03 bits per heavy atom. The average Bonchev–Trinajstić information content (AvgIpc) is 3.31. The van der Waals surface area contributed by atoms with Crippen molar-refractivity contribution in [3.8, 4) is 22.8 Å². The molecule has 0 radical (unpaired) electrons. The van der Waals surface area contributed by atoms with E-state index in [9.17, 15) is 0 Å². The molecular weight excluding hydrogens is 470 g/mol. The zero-order valence-corrected chi connectivity index (χ0v) is 20.8. The zero-order valence-electron chi connectivity index (χ0n) is 20.8. The molecule has 0 N–H and O–H groups in total. The first kappa shape index (κ1) is 25.2. The molecule has 4 aromatic rings. The maximum Gasteiger partial charge on any atom is 0.191 e. The fourth-order valence-electron chi connectivity index (χ4n) is 3.72. The summed E-state index contributed by atoms with van der Waals surface area (Å²) in [6.45, 7) is 4.46. The second-order valence-electron chi connectivity index (χ2n) is 8.35. The Kier molecular flexibility index (Phi) is 7.58. The highest BCUT2D eigenvalue weighted by Gasteiger charge is 2.27. The van der Waals surface area contributed by atoms with E-state index in [0.717, 1.165) is 5.56 Å². The molecule has 0 spiro atoms. The number of methoxy groups -OCH3 is 2. The first-order valence-electron chi connectivity index (χ1n) is 11.4. The first-order chi connectivity index (χ1) is 17.3. The molecule has 1 aromatic carbocycles.